The molecule has 0 bridgehead atoms. The number of fused-ring (bicyclic) bond motifs is 1. The summed E-state index contributed by atoms with van der Waals surface area (Å²) in [7, 11) is 0. The summed E-state index contributed by atoms with van der Waals surface area (Å²) in [4.78, 5) is 26.6. The molecule has 3 aliphatic rings. The van der Waals surface area contributed by atoms with Crippen molar-refractivity contribution >= 4 is 17.6 Å². The van der Waals surface area contributed by atoms with Crippen LogP contribution in [-0.2, 0) is 4.79 Å². The van der Waals surface area contributed by atoms with Gasteiger partial charge in [0.05, 0.1) is 0 Å². The summed E-state index contributed by atoms with van der Waals surface area (Å²) < 4.78 is 12.2. The Morgan fingerprint density at radius 3 is 2.45 bits per heavy atom. The zero-order chi connectivity index (χ0) is 20.4. The third-order valence-electron chi connectivity index (χ3n) is 5.99. The highest BCUT2D eigenvalue weighted by Crippen LogP contribution is 2.46. The van der Waals surface area contributed by atoms with Gasteiger partial charge in [0.1, 0.15) is 0 Å². The van der Waals surface area contributed by atoms with Crippen LogP contribution < -0.4 is 20.1 Å². The first-order valence-electron chi connectivity index (χ1n) is 10.8. The van der Waals surface area contributed by atoms with Gasteiger partial charge in [-0.3, -0.25) is 4.79 Å². The molecule has 7 nitrogen and oxygen atoms in total. The quantitative estimate of drug-likeness (QED) is 0.805. The van der Waals surface area contributed by atoms with Crippen LogP contribution in [0.2, 0.25) is 0 Å². The first kappa shape index (κ1) is 19.9. The maximum Gasteiger partial charge on any atom is 0.321 e. The van der Waals surface area contributed by atoms with E-state index in [1.807, 2.05) is 32.0 Å². The van der Waals surface area contributed by atoms with Gasteiger partial charge in [-0.2, -0.15) is 0 Å². The van der Waals surface area contributed by atoms with Gasteiger partial charge in [0.15, 0.2) is 11.5 Å². The third kappa shape index (κ3) is 4.43. The number of likely N-dealkylation sites (tertiary alicyclic amines) is 1. The van der Waals surface area contributed by atoms with Crippen molar-refractivity contribution in [3.8, 4) is 11.5 Å². The van der Waals surface area contributed by atoms with Crippen LogP contribution in [0.25, 0.3) is 0 Å². The van der Waals surface area contributed by atoms with Crippen molar-refractivity contribution < 1.29 is 19.1 Å². The summed E-state index contributed by atoms with van der Waals surface area (Å²) in [6, 6.07) is 5.57. The molecule has 2 fully saturated rings. The van der Waals surface area contributed by atoms with Gasteiger partial charge < -0.3 is 25.0 Å². The number of piperidine rings is 1. The highest BCUT2D eigenvalue weighted by Gasteiger charge is 2.42. The van der Waals surface area contributed by atoms with Crippen LogP contribution in [0, 0.1) is 5.92 Å². The Morgan fingerprint density at radius 1 is 1.07 bits per heavy atom. The fourth-order valence-electron chi connectivity index (χ4n) is 4.42. The number of anilines is 1. The van der Waals surface area contributed by atoms with Gasteiger partial charge in [0.2, 0.25) is 5.91 Å². The van der Waals surface area contributed by atoms with E-state index in [0.29, 0.717) is 37.4 Å². The first-order valence-corrected chi connectivity index (χ1v) is 10.8. The molecule has 29 heavy (non-hydrogen) atoms. The normalized spacial score (nSPS) is 20.7. The molecule has 1 saturated heterocycles. The topological polar surface area (TPSA) is 79.9 Å². The van der Waals surface area contributed by atoms with Crippen LogP contribution in [-0.4, -0.2) is 41.8 Å². The lowest BCUT2D eigenvalue weighted by Crippen LogP contribution is -2.45. The molecule has 2 N–H and O–H groups in total. The molecule has 1 saturated carbocycles. The summed E-state index contributed by atoms with van der Waals surface area (Å²) in [6.45, 7) is 5.08. The minimum atomic E-state index is -0.512. The summed E-state index contributed by atoms with van der Waals surface area (Å²) >= 11 is 0. The van der Waals surface area contributed by atoms with Gasteiger partial charge in [0, 0.05) is 49.6 Å². The number of ether oxygens (including phenoxy) is 2. The van der Waals surface area contributed by atoms with Crippen molar-refractivity contribution in [2.24, 2.45) is 5.92 Å². The summed E-state index contributed by atoms with van der Waals surface area (Å²) in [5, 5.41) is 5.92. The highest BCUT2D eigenvalue weighted by atomic mass is 16.7. The molecule has 2 heterocycles. The maximum atomic E-state index is 12.7. The predicted octanol–water partition coefficient (Wildman–Crippen LogP) is 3.89. The van der Waals surface area contributed by atoms with Crippen molar-refractivity contribution in [2.75, 3.05) is 18.4 Å². The van der Waals surface area contributed by atoms with Gasteiger partial charge in [0.25, 0.3) is 5.79 Å². The van der Waals surface area contributed by atoms with Gasteiger partial charge in [-0.1, -0.05) is 6.42 Å². The van der Waals surface area contributed by atoms with Crippen LogP contribution in [0.5, 0.6) is 11.5 Å². The molecule has 7 heteroatoms. The average molecular weight is 402 g/mol. The van der Waals surface area contributed by atoms with Crippen molar-refractivity contribution in [1.82, 2.24) is 10.2 Å². The predicted molar refractivity (Wildman–Crippen MR) is 110 cm³/mol. The Bertz CT molecular complexity index is 765. The molecule has 2 aliphatic heterocycles. The Morgan fingerprint density at radius 2 is 1.76 bits per heavy atom. The SMILES string of the molecule is CC(C)NC(=O)C1CCN(C(=O)Nc2ccc3c(c2)OC2(CCCCC2)O3)CC1. The first-order chi connectivity index (χ1) is 13.9. The third-order valence-corrected chi connectivity index (χ3v) is 5.99. The van der Waals surface area contributed by atoms with Crippen molar-refractivity contribution in [2.45, 2.75) is 70.6 Å². The zero-order valence-electron chi connectivity index (χ0n) is 17.3. The van der Waals surface area contributed by atoms with E-state index in [1.54, 1.807) is 4.90 Å². The number of nitrogens with one attached hydrogen (secondary N) is 2. The molecular weight excluding hydrogens is 370 g/mol. The van der Waals surface area contributed by atoms with Crippen LogP contribution in [0.3, 0.4) is 0 Å². The highest BCUT2D eigenvalue weighted by molar-refractivity contribution is 5.90. The summed E-state index contributed by atoms with van der Waals surface area (Å²) in [5.41, 5.74) is 0.699. The second kappa shape index (κ2) is 8.13. The molecule has 3 amide bonds. The molecule has 1 spiro atoms. The van der Waals surface area contributed by atoms with Crippen molar-refractivity contribution in [1.29, 1.82) is 0 Å². The van der Waals surface area contributed by atoms with E-state index in [2.05, 4.69) is 10.6 Å². The molecule has 1 aromatic carbocycles. The van der Waals surface area contributed by atoms with Gasteiger partial charge in [-0.25, -0.2) is 4.79 Å². The molecule has 158 valence electrons. The fraction of sp³-hybridized carbons (Fsp3) is 0.636. The minimum Gasteiger partial charge on any atom is -0.448 e. The zero-order valence-corrected chi connectivity index (χ0v) is 17.3. The number of urea groups is 1. The lowest BCUT2D eigenvalue weighted by molar-refractivity contribution is -0.126. The molecule has 0 atom stereocenters. The van der Waals surface area contributed by atoms with E-state index >= 15 is 0 Å². The standard InChI is InChI=1S/C22H31N3O4/c1-15(2)23-20(26)16-8-12-25(13-9-16)21(27)24-17-6-7-18-19(14-17)29-22(28-18)10-4-3-5-11-22/h6-7,14-16H,3-5,8-13H2,1-2H3,(H,23,26)(H,24,27). The Hall–Kier alpha value is -2.44. The molecule has 0 radical (unpaired) electrons. The Labute approximate surface area is 172 Å². The second-order valence-corrected chi connectivity index (χ2v) is 8.69. The second-order valence-electron chi connectivity index (χ2n) is 8.69. The van der Waals surface area contributed by atoms with E-state index < -0.39 is 5.79 Å². The Kier molecular flexibility index (Phi) is 5.56. The molecule has 1 aromatic rings. The lowest BCUT2D eigenvalue weighted by Gasteiger charge is -2.31. The van der Waals surface area contributed by atoms with E-state index in [1.165, 1.54) is 6.42 Å². The van der Waals surface area contributed by atoms with Crippen LogP contribution in [0.15, 0.2) is 18.2 Å². The lowest BCUT2D eigenvalue weighted by atomic mass is 9.94. The molecular formula is C22H31N3O4. The molecule has 1 aliphatic carbocycles. The van der Waals surface area contributed by atoms with E-state index in [-0.39, 0.29) is 23.9 Å². The smallest absolute Gasteiger partial charge is 0.321 e. The molecule has 0 aromatic heterocycles. The minimum absolute atomic E-state index is 0.0151. The molecule has 4 rings (SSSR count). The summed E-state index contributed by atoms with van der Waals surface area (Å²) in [5.74, 6) is 1.02. The van der Waals surface area contributed by atoms with E-state index in [4.69, 9.17) is 9.47 Å². The number of hydrogen-bond acceptors (Lipinski definition) is 4. The average Bonchev–Trinajstić information content (AvgIpc) is 3.04. The number of carbonyl (C=O) groups excluding carboxylic acids is 2. The summed E-state index contributed by atoms with van der Waals surface area (Å²) in [6.07, 6.45) is 6.64. The van der Waals surface area contributed by atoms with E-state index in [0.717, 1.165) is 31.4 Å². The number of rotatable bonds is 3. The number of benzene rings is 1. The maximum absolute atomic E-state index is 12.7. The number of amides is 3. The van der Waals surface area contributed by atoms with Crippen LogP contribution >= 0.6 is 0 Å². The number of carbonyl (C=O) groups is 2. The van der Waals surface area contributed by atoms with Crippen molar-refractivity contribution in [3.05, 3.63) is 18.2 Å². The van der Waals surface area contributed by atoms with Gasteiger partial charge >= 0.3 is 6.03 Å². The largest absolute Gasteiger partial charge is 0.448 e. The van der Waals surface area contributed by atoms with E-state index in [9.17, 15) is 9.59 Å². The van der Waals surface area contributed by atoms with Gasteiger partial charge in [-0.05, 0) is 51.7 Å². The van der Waals surface area contributed by atoms with Crippen molar-refractivity contribution in [3.63, 3.8) is 0 Å². The monoisotopic (exact) mass is 401 g/mol. The van der Waals surface area contributed by atoms with Gasteiger partial charge in [-0.15, -0.1) is 0 Å². The Balaban J connectivity index is 1.31. The molecule has 0 unspecified atom stereocenters. The van der Waals surface area contributed by atoms with Crippen LogP contribution in [0.1, 0.15) is 58.8 Å². The van der Waals surface area contributed by atoms with Crippen LogP contribution in [0.4, 0.5) is 10.5 Å². The number of nitrogens with zero attached hydrogens (tertiary/aromatic N) is 1. The fourth-order valence-corrected chi connectivity index (χ4v) is 4.42. The number of hydrogen-bond donors (Lipinski definition) is 2.